The lowest BCUT2D eigenvalue weighted by Gasteiger charge is -2.08. The number of benzene rings is 2. The molecule has 2 aromatic carbocycles. The van der Waals surface area contributed by atoms with E-state index in [9.17, 15) is 14.0 Å². The second kappa shape index (κ2) is 9.64. The first kappa shape index (κ1) is 21.0. The smallest absolute Gasteiger partial charge is 0.273 e. The predicted molar refractivity (Wildman–Crippen MR) is 108 cm³/mol. The fraction of sp³-hybridized carbons (Fsp3) is 0.238. The van der Waals surface area contributed by atoms with E-state index in [-0.39, 0.29) is 42.6 Å². The molecule has 0 fully saturated rings. The Kier molecular flexibility index (Phi) is 6.74. The molecule has 3 aromatic rings. The summed E-state index contributed by atoms with van der Waals surface area (Å²) in [7, 11) is 3.04. The highest BCUT2D eigenvalue weighted by Gasteiger charge is 2.12. The van der Waals surface area contributed by atoms with Crippen molar-refractivity contribution in [1.82, 2.24) is 20.5 Å². The summed E-state index contributed by atoms with van der Waals surface area (Å²) in [6.45, 7) is 0.0736. The lowest BCUT2D eigenvalue weighted by Crippen LogP contribution is -2.25. The summed E-state index contributed by atoms with van der Waals surface area (Å²) in [4.78, 5) is 27.0. The van der Waals surface area contributed by atoms with E-state index < -0.39 is 5.56 Å². The molecule has 1 amide bonds. The van der Waals surface area contributed by atoms with Gasteiger partial charge < -0.3 is 19.8 Å². The molecule has 3 rings (SSSR count). The van der Waals surface area contributed by atoms with Crippen molar-refractivity contribution < 1.29 is 18.7 Å². The lowest BCUT2D eigenvalue weighted by molar-refractivity contribution is -0.121. The van der Waals surface area contributed by atoms with Gasteiger partial charge in [0.1, 0.15) is 23.0 Å². The zero-order valence-corrected chi connectivity index (χ0v) is 16.6. The van der Waals surface area contributed by atoms with E-state index in [0.717, 1.165) is 0 Å². The molecule has 156 valence electrons. The molecular weight excluding hydrogens is 391 g/mol. The highest BCUT2D eigenvalue weighted by atomic mass is 19.1. The van der Waals surface area contributed by atoms with Gasteiger partial charge in [0, 0.05) is 36.6 Å². The number of aromatic amines is 1. The molecule has 0 saturated heterocycles. The molecule has 0 aliphatic rings. The molecule has 1 aromatic heterocycles. The quantitative estimate of drug-likeness (QED) is 0.588. The minimum Gasteiger partial charge on any atom is -0.497 e. The number of ether oxygens (including phenoxy) is 2. The van der Waals surface area contributed by atoms with Gasteiger partial charge in [-0.25, -0.2) is 4.39 Å². The van der Waals surface area contributed by atoms with Gasteiger partial charge in [0.25, 0.3) is 5.56 Å². The number of hydrogen-bond acceptors (Lipinski definition) is 6. The first-order chi connectivity index (χ1) is 14.5. The Labute approximate surface area is 172 Å². The maximum absolute atomic E-state index is 13.6. The van der Waals surface area contributed by atoms with Crippen molar-refractivity contribution in [3.05, 3.63) is 69.9 Å². The summed E-state index contributed by atoms with van der Waals surface area (Å²) in [5.41, 5.74) is 0.657. The van der Waals surface area contributed by atoms with E-state index >= 15 is 0 Å². The van der Waals surface area contributed by atoms with Gasteiger partial charge in [0.15, 0.2) is 5.82 Å². The number of carbonyl (C=O) groups excluding carboxylic acids is 1. The molecule has 0 saturated carbocycles. The molecule has 0 unspecified atom stereocenters. The lowest BCUT2D eigenvalue weighted by atomic mass is 10.2. The SMILES string of the molecule is COc1cc(OC)cc(-c2nnc(CCC(=O)NCc3ccccc3F)c(=O)[nH]2)c1. The van der Waals surface area contributed by atoms with Crippen molar-refractivity contribution in [3.63, 3.8) is 0 Å². The van der Waals surface area contributed by atoms with Gasteiger partial charge in [-0.3, -0.25) is 9.59 Å². The molecule has 0 atom stereocenters. The number of halogens is 1. The van der Waals surface area contributed by atoms with Crippen molar-refractivity contribution in [2.45, 2.75) is 19.4 Å². The normalized spacial score (nSPS) is 10.5. The zero-order chi connectivity index (χ0) is 21.5. The van der Waals surface area contributed by atoms with E-state index in [2.05, 4.69) is 20.5 Å². The molecule has 0 radical (unpaired) electrons. The number of hydrogen-bond donors (Lipinski definition) is 2. The van der Waals surface area contributed by atoms with Gasteiger partial charge in [-0.2, -0.15) is 0 Å². The Morgan fingerprint density at radius 2 is 1.80 bits per heavy atom. The number of amides is 1. The van der Waals surface area contributed by atoms with Gasteiger partial charge in [-0.1, -0.05) is 18.2 Å². The average Bonchev–Trinajstić information content (AvgIpc) is 2.77. The largest absolute Gasteiger partial charge is 0.497 e. The third-order valence-electron chi connectivity index (χ3n) is 4.41. The fourth-order valence-corrected chi connectivity index (χ4v) is 2.75. The third kappa shape index (κ3) is 5.19. The number of carbonyl (C=O) groups is 1. The summed E-state index contributed by atoms with van der Waals surface area (Å²) >= 11 is 0. The van der Waals surface area contributed by atoms with Crippen molar-refractivity contribution >= 4 is 5.91 Å². The highest BCUT2D eigenvalue weighted by Crippen LogP contribution is 2.27. The molecule has 8 nitrogen and oxygen atoms in total. The predicted octanol–water partition coefficient (Wildman–Crippen LogP) is 2.24. The Morgan fingerprint density at radius 3 is 2.43 bits per heavy atom. The van der Waals surface area contributed by atoms with Gasteiger partial charge >= 0.3 is 0 Å². The molecule has 30 heavy (non-hydrogen) atoms. The minimum absolute atomic E-state index is 0.0263. The maximum Gasteiger partial charge on any atom is 0.273 e. The standard InChI is InChI=1S/C21H21FN4O4/c1-29-15-9-14(10-16(11-15)30-2)20-24-21(28)18(25-26-20)7-8-19(27)23-12-13-5-3-4-6-17(13)22/h3-6,9-11H,7-8,12H2,1-2H3,(H,23,27)(H,24,26,28). The second-order valence-electron chi connectivity index (χ2n) is 6.42. The molecule has 0 spiro atoms. The van der Waals surface area contributed by atoms with Crippen molar-refractivity contribution in [2.24, 2.45) is 0 Å². The molecule has 2 N–H and O–H groups in total. The summed E-state index contributed by atoms with van der Waals surface area (Å²) in [6, 6.07) is 11.3. The van der Waals surface area contributed by atoms with Gasteiger partial charge in [-0.15, -0.1) is 10.2 Å². The summed E-state index contributed by atoms with van der Waals surface area (Å²) in [5, 5.41) is 10.6. The van der Waals surface area contributed by atoms with Gasteiger partial charge in [-0.05, 0) is 18.2 Å². The number of nitrogens with one attached hydrogen (secondary N) is 2. The van der Waals surface area contributed by atoms with Crippen molar-refractivity contribution in [3.8, 4) is 22.9 Å². The van der Waals surface area contributed by atoms with Gasteiger partial charge in [0.05, 0.1) is 14.2 Å². The van der Waals surface area contributed by atoms with E-state index in [1.807, 2.05) is 0 Å². The van der Waals surface area contributed by atoms with Crippen LogP contribution in [0, 0.1) is 5.82 Å². The molecule has 9 heteroatoms. The molecule has 0 aliphatic heterocycles. The summed E-state index contributed by atoms with van der Waals surface area (Å²) in [6.07, 6.45) is 0.131. The second-order valence-corrected chi connectivity index (χ2v) is 6.42. The molecule has 0 aliphatic carbocycles. The molecular formula is C21H21FN4O4. The fourth-order valence-electron chi connectivity index (χ4n) is 2.75. The number of nitrogens with zero attached hydrogens (tertiary/aromatic N) is 2. The van der Waals surface area contributed by atoms with Crippen molar-refractivity contribution in [1.29, 1.82) is 0 Å². The number of aryl methyl sites for hydroxylation is 1. The van der Waals surface area contributed by atoms with Crippen molar-refractivity contribution in [2.75, 3.05) is 14.2 Å². The summed E-state index contributed by atoms with van der Waals surface area (Å²) < 4.78 is 24.0. The van der Waals surface area contributed by atoms with Crippen LogP contribution in [0.2, 0.25) is 0 Å². The van der Waals surface area contributed by atoms with Gasteiger partial charge in [0.2, 0.25) is 5.91 Å². The van der Waals surface area contributed by atoms with Crippen LogP contribution >= 0.6 is 0 Å². The molecule has 1 heterocycles. The van der Waals surface area contributed by atoms with E-state index in [4.69, 9.17) is 9.47 Å². The Hall–Kier alpha value is -3.75. The van der Waals surface area contributed by atoms with Crippen LogP contribution in [0.5, 0.6) is 11.5 Å². The average molecular weight is 412 g/mol. The zero-order valence-electron chi connectivity index (χ0n) is 16.6. The van der Waals surface area contributed by atoms with E-state index in [0.29, 0.717) is 22.6 Å². The third-order valence-corrected chi connectivity index (χ3v) is 4.41. The topological polar surface area (TPSA) is 106 Å². The number of aromatic nitrogens is 3. The summed E-state index contributed by atoms with van der Waals surface area (Å²) in [5.74, 6) is 0.640. The number of H-pyrrole nitrogens is 1. The Morgan fingerprint density at radius 1 is 1.10 bits per heavy atom. The Balaban J connectivity index is 1.64. The monoisotopic (exact) mass is 412 g/mol. The van der Waals surface area contributed by atoms with Crippen LogP contribution in [0.3, 0.4) is 0 Å². The first-order valence-corrected chi connectivity index (χ1v) is 9.19. The first-order valence-electron chi connectivity index (χ1n) is 9.19. The van der Waals surface area contributed by atoms with Crippen LogP contribution in [0.15, 0.2) is 47.3 Å². The highest BCUT2D eigenvalue weighted by molar-refractivity contribution is 5.76. The van der Waals surface area contributed by atoms with E-state index in [1.165, 1.54) is 20.3 Å². The molecule has 0 bridgehead atoms. The number of rotatable bonds is 8. The van der Waals surface area contributed by atoms with Crippen LogP contribution in [-0.2, 0) is 17.8 Å². The van der Waals surface area contributed by atoms with Crippen LogP contribution in [-0.4, -0.2) is 35.3 Å². The van der Waals surface area contributed by atoms with Crippen LogP contribution in [0.1, 0.15) is 17.7 Å². The maximum atomic E-state index is 13.6. The van der Waals surface area contributed by atoms with E-state index in [1.54, 1.807) is 36.4 Å². The van der Waals surface area contributed by atoms with Crippen LogP contribution in [0.25, 0.3) is 11.4 Å². The van der Waals surface area contributed by atoms with Crippen LogP contribution < -0.4 is 20.3 Å². The van der Waals surface area contributed by atoms with Crippen LogP contribution in [0.4, 0.5) is 4.39 Å². The number of methoxy groups -OCH3 is 2. The Bertz CT molecular complexity index is 1080. The minimum atomic E-state index is -0.441.